The van der Waals surface area contributed by atoms with E-state index in [1.807, 2.05) is 0 Å². The first kappa shape index (κ1) is 14.4. The molecule has 0 fully saturated rings. The first-order valence-corrected chi connectivity index (χ1v) is 6.33. The van der Waals surface area contributed by atoms with Gasteiger partial charge in [-0.3, -0.25) is 4.79 Å². The van der Waals surface area contributed by atoms with Crippen LogP contribution in [0.3, 0.4) is 0 Å². The van der Waals surface area contributed by atoms with E-state index in [1.165, 1.54) is 18.2 Å². The zero-order chi connectivity index (χ0) is 14.7. The van der Waals surface area contributed by atoms with Gasteiger partial charge in [-0.25, -0.2) is 4.79 Å². The molecule has 0 bridgehead atoms. The summed E-state index contributed by atoms with van der Waals surface area (Å²) in [5, 5.41) is 12.0. The first-order valence-electron chi connectivity index (χ1n) is 5.58. The lowest BCUT2D eigenvalue weighted by molar-refractivity contribution is 0.0696. The molecule has 1 amide bonds. The number of halogens is 2. The fourth-order valence-electron chi connectivity index (χ4n) is 1.59. The van der Waals surface area contributed by atoms with Gasteiger partial charge in [0, 0.05) is 0 Å². The van der Waals surface area contributed by atoms with Crippen molar-refractivity contribution in [3.63, 3.8) is 0 Å². The van der Waals surface area contributed by atoms with Crippen LogP contribution in [-0.4, -0.2) is 17.0 Å². The molecule has 0 spiro atoms. The smallest absolute Gasteiger partial charge is 0.335 e. The van der Waals surface area contributed by atoms with Crippen LogP contribution in [0.25, 0.3) is 0 Å². The molecule has 0 aliphatic carbocycles. The van der Waals surface area contributed by atoms with Gasteiger partial charge in [-0.1, -0.05) is 35.3 Å². The number of rotatable bonds is 3. The number of benzene rings is 2. The Morgan fingerprint density at radius 2 is 1.70 bits per heavy atom. The predicted octanol–water partition coefficient (Wildman–Crippen LogP) is 3.94. The van der Waals surface area contributed by atoms with Gasteiger partial charge in [0.2, 0.25) is 0 Å². The molecule has 6 heteroatoms. The van der Waals surface area contributed by atoms with Crippen molar-refractivity contribution in [2.75, 3.05) is 5.32 Å². The molecule has 0 saturated heterocycles. The fraction of sp³-hybridized carbons (Fsp3) is 0. The number of hydrogen-bond donors (Lipinski definition) is 2. The number of anilines is 1. The first-order chi connectivity index (χ1) is 9.49. The molecule has 0 aliphatic heterocycles. The Kier molecular flexibility index (Phi) is 4.27. The predicted molar refractivity (Wildman–Crippen MR) is 77.8 cm³/mol. The van der Waals surface area contributed by atoms with Crippen molar-refractivity contribution in [1.29, 1.82) is 0 Å². The minimum absolute atomic E-state index is 0.0314. The second-order valence-corrected chi connectivity index (χ2v) is 4.75. The average Bonchev–Trinajstić information content (AvgIpc) is 2.41. The number of amides is 1. The number of carbonyl (C=O) groups excluding carboxylic acids is 1. The van der Waals surface area contributed by atoms with Crippen molar-refractivity contribution in [2.24, 2.45) is 0 Å². The van der Waals surface area contributed by atoms with E-state index in [0.717, 1.165) is 0 Å². The van der Waals surface area contributed by atoms with Crippen LogP contribution in [0.5, 0.6) is 0 Å². The Morgan fingerprint density at radius 1 is 1.00 bits per heavy atom. The highest BCUT2D eigenvalue weighted by Crippen LogP contribution is 2.25. The van der Waals surface area contributed by atoms with E-state index < -0.39 is 11.9 Å². The highest BCUT2D eigenvalue weighted by atomic mass is 35.5. The highest BCUT2D eigenvalue weighted by Gasteiger charge is 2.13. The normalized spacial score (nSPS) is 10.1. The van der Waals surface area contributed by atoms with Gasteiger partial charge in [-0.2, -0.15) is 0 Å². The summed E-state index contributed by atoms with van der Waals surface area (Å²) in [7, 11) is 0. The van der Waals surface area contributed by atoms with Crippen molar-refractivity contribution in [3.8, 4) is 0 Å². The van der Waals surface area contributed by atoms with Gasteiger partial charge >= 0.3 is 5.97 Å². The van der Waals surface area contributed by atoms with E-state index in [4.69, 9.17) is 28.3 Å². The molecule has 2 aromatic rings. The SMILES string of the molecule is O=C(O)c1ccc(Cl)c(NC(=O)c2ccccc2Cl)c1. The van der Waals surface area contributed by atoms with Crippen LogP contribution in [0.4, 0.5) is 5.69 Å². The van der Waals surface area contributed by atoms with Crippen molar-refractivity contribution in [1.82, 2.24) is 0 Å². The molecular formula is C14H9Cl2NO3. The summed E-state index contributed by atoms with van der Waals surface area (Å²) in [6, 6.07) is 10.6. The summed E-state index contributed by atoms with van der Waals surface area (Å²) in [4.78, 5) is 23.0. The number of aromatic carboxylic acids is 1. The Balaban J connectivity index is 2.30. The number of nitrogens with one attached hydrogen (secondary N) is 1. The lowest BCUT2D eigenvalue weighted by atomic mass is 10.1. The Bertz CT molecular complexity index is 686. The van der Waals surface area contributed by atoms with Crippen LogP contribution in [0, 0.1) is 0 Å². The molecule has 2 rings (SSSR count). The van der Waals surface area contributed by atoms with Gasteiger partial charge in [-0.05, 0) is 30.3 Å². The van der Waals surface area contributed by atoms with E-state index in [2.05, 4.69) is 5.32 Å². The Hall–Kier alpha value is -2.04. The molecule has 0 heterocycles. The second-order valence-electron chi connectivity index (χ2n) is 3.93. The fourth-order valence-corrected chi connectivity index (χ4v) is 1.98. The van der Waals surface area contributed by atoms with Crippen LogP contribution in [0.15, 0.2) is 42.5 Å². The van der Waals surface area contributed by atoms with Gasteiger partial charge in [0.1, 0.15) is 0 Å². The third kappa shape index (κ3) is 3.10. The van der Waals surface area contributed by atoms with Crippen LogP contribution >= 0.6 is 23.2 Å². The number of carboxylic acid groups (broad SMARTS) is 1. The zero-order valence-electron chi connectivity index (χ0n) is 10.1. The zero-order valence-corrected chi connectivity index (χ0v) is 11.6. The lowest BCUT2D eigenvalue weighted by Crippen LogP contribution is -2.13. The van der Waals surface area contributed by atoms with E-state index >= 15 is 0 Å². The van der Waals surface area contributed by atoms with E-state index in [9.17, 15) is 9.59 Å². The van der Waals surface area contributed by atoms with Crippen LogP contribution in [0.1, 0.15) is 20.7 Å². The quantitative estimate of drug-likeness (QED) is 0.902. The van der Waals surface area contributed by atoms with Crippen molar-refractivity contribution in [2.45, 2.75) is 0 Å². The van der Waals surface area contributed by atoms with Gasteiger partial charge < -0.3 is 10.4 Å². The molecule has 0 atom stereocenters. The molecular weight excluding hydrogens is 301 g/mol. The summed E-state index contributed by atoms with van der Waals surface area (Å²) in [6.07, 6.45) is 0. The molecule has 2 aromatic carbocycles. The lowest BCUT2D eigenvalue weighted by Gasteiger charge is -2.09. The molecule has 0 aromatic heterocycles. The molecule has 20 heavy (non-hydrogen) atoms. The summed E-state index contributed by atoms with van der Waals surface area (Å²) in [5.74, 6) is -1.56. The second kappa shape index (κ2) is 5.94. The Morgan fingerprint density at radius 3 is 2.35 bits per heavy atom. The van der Waals surface area contributed by atoms with Gasteiger partial charge in [-0.15, -0.1) is 0 Å². The van der Waals surface area contributed by atoms with Crippen LogP contribution in [-0.2, 0) is 0 Å². The third-order valence-corrected chi connectivity index (χ3v) is 3.24. The van der Waals surface area contributed by atoms with Crippen molar-refractivity contribution in [3.05, 3.63) is 63.6 Å². The Labute approximate surface area is 124 Å². The standard InChI is InChI=1S/C14H9Cl2NO3/c15-10-4-2-1-3-9(10)13(18)17-12-7-8(14(19)20)5-6-11(12)16/h1-7H,(H,17,18)(H,19,20). The van der Waals surface area contributed by atoms with Gasteiger partial charge in [0.25, 0.3) is 5.91 Å². The highest BCUT2D eigenvalue weighted by molar-refractivity contribution is 6.36. The summed E-state index contributed by atoms with van der Waals surface area (Å²) in [5.41, 5.74) is 0.534. The van der Waals surface area contributed by atoms with E-state index in [0.29, 0.717) is 5.02 Å². The summed E-state index contributed by atoms with van der Waals surface area (Å²) >= 11 is 11.9. The monoisotopic (exact) mass is 309 g/mol. The number of hydrogen-bond acceptors (Lipinski definition) is 2. The van der Waals surface area contributed by atoms with Crippen LogP contribution < -0.4 is 5.32 Å². The molecule has 2 N–H and O–H groups in total. The van der Waals surface area contributed by atoms with Crippen molar-refractivity contribution < 1.29 is 14.7 Å². The molecule has 0 saturated carbocycles. The molecule has 0 radical (unpaired) electrons. The summed E-state index contributed by atoms with van der Waals surface area (Å²) < 4.78 is 0. The summed E-state index contributed by atoms with van der Waals surface area (Å²) in [6.45, 7) is 0. The topological polar surface area (TPSA) is 66.4 Å². The molecule has 4 nitrogen and oxygen atoms in total. The van der Waals surface area contributed by atoms with E-state index in [-0.39, 0.29) is 21.8 Å². The van der Waals surface area contributed by atoms with Gasteiger partial charge in [0.15, 0.2) is 0 Å². The van der Waals surface area contributed by atoms with Gasteiger partial charge in [0.05, 0.1) is 26.9 Å². The van der Waals surface area contributed by atoms with Crippen molar-refractivity contribution >= 4 is 40.8 Å². The maximum absolute atomic E-state index is 12.1. The molecule has 0 unspecified atom stereocenters. The molecule has 102 valence electrons. The number of carboxylic acids is 1. The molecule has 0 aliphatic rings. The average molecular weight is 310 g/mol. The third-order valence-electron chi connectivity index (χ3n) is 2.58. The number of carbonyl (C=O) groups is 2. The largest absolute Gasteiger partial charge is 0.478 e. The minimum Gasteiger partial charge on any atom is -0.478 e. The maximum Gasteiger partial charge on any atom is 0.335 e. The van der Waals surface area contributed by atoms with E-state index in [1.54, 1.807) is 24.3 Å². The minimum atomic E-state index is -1.10. The van der Waals surface area contributed by atoms with Crippen LogP contribution in [0.2, 0.25) is 10.0 Å². The maximum atomic E-state index is 12.1.